The van der Waals surface area contributed by atoms with Crippen molar-refractivity contribution >= 4 is 33.7 Å². The number of Topliss-reactive ketones (excluding diaryl/α,β-unsaturated/α-hetero) is 1. The summed E-state index contributed by atoms with van der Waals surface area (Å²) in [6, 6.07) is 0.350. The van der Waals surface area contributed by atoms with Gasteiger partial charge in [0, 0.05) is 20.0 Å². The number of thiophene rings is 1. The highest BCUT2D eigenvalue weighted by Crippen LogP contribution is 2.38. The number of nitrogens with one attached hydrogen (secondary N) is 2. The van der Waals surface area contributed by atoms with E-state index < -0.39 is 0 Å². The molecule has 2 rings (SSSR count). The quantitative estimate of drug-likeness (QED) is 0.747. The van der Waals surface area contributed by atoms with Crippen molar-refractivity contribution in [2.75, 3.05) is 18.1 Å². The highest BCUT2D eigenvalue weighted by molar-refractivity contribution is 7.19. The van der Waals surface area contributed by atoms with Gasteiger partial charge in [-0.3, -0.25) is 9.59 Å². The molecule has 1 aliphatic rings. The van der Waals surface area contributed by atoms with Crippen LogP contribution in [0, 0.1) is 5.92 Å². The van der Waals surface area contributed by atoms with Crippen LogP contribution in [0.5, 0.6) is 0 Å². The maximum atomic E-state index is 12.0. The minimum atomic E-state index is -0.247. The predicted molar refractivity (Wildman–Crippen MR) is 87.2 cm³/mol. The van der Waals surface area contributed by atoms with Gasteiger partial charge in [0.05, 0.1) is 16.1 Å². The molecule has 0 atom stereocenters. The molecule has 1 amide bonds. The molecule has 0 radical (unpaired) electrons. The molecule has 21 heavy (non-hydrogen) atoms. The summed E-state index contributed by atoms with van der Waals surface area (Å²) in [4.78, 5) is 24.2. The van der Waals surface area contributed by atoms with Gasteiger partial charge in [0.25, 0.3) is 5.91 Å². The monoisotopic (exact) mass is 309 g/mol. The van der Waals surface area contributed by atoms with Gasteiger partial charge in [0.2, 0.25) is 0 Å². The molecule has 0 unspecified atom stereocenters. The van der Waals surface area contributed by atoms with E-state index >= 15 is 0 Å². The highest BCUT2D eigenvalue weighted by atomic mass is 32.1. The zero-order valence-electron chi connectivity index (χ0n) is 12.8. The van der Waals surface area contributed by atoms with Crippen molar-refractivity contribution in [2.24, 2.45) is 5.92 Å². The maximum absolute atomic E-state index is 12.0. The third-order valence-corrected chi connectivity index (χ3v) is 5.31. The first kappa shape index (κ1) is 15.8. The third kappa shape index (κ3) is 3.37. The summed E-state index contributed by atoms with van der Waals surface area (Å²) in [5, 5.41) is 6.74. The largest absolute Gasteiger partial charge is 0.397 e. The van der Waals surface area contributed by atoms with E-state index in [4.69, 9.17) is 5.73 Å². The smallest absolute Gasteiger partial charge is 0.256 e. The Morgan fingerprint density at radius 2 is 1.86 bits per heavy atom. The number of hydrogen-bond acceptors (Lipinski definition) is 5. The number of rotatable bonds is 4. The van der Waals surface area contributed by atoms with E-state index in [0.29, 0.717) is 22.2 Å². The molecule has 0 spiro atoms. The average molecular weight is 309 g/mol. The van der Waals surface area contributed by atoms with Crippen LogP contribution in [-0.4, -0.2) is 24.8 Å². The van der Waals surface area contributed by atoms with Crippen LogP contribution in [0.4, 0.5) is 10.7 Å². The highest BCUT2D eigenvalue weighted by Gasteiger charge is 2.26. The molecule has 0 aliphatic heterocycles. The molecular formula is C15H23N3O2S. The van der Waals surface area contributed by atoms with Gasteiger partial charge in [-0.15, -0.1) is 11.3 Å². The summed E-state index contributed by atoms with van der Waals surface area (Å²) in [6.45, 7) is 3.74. The summed E-state index contributed by atoms with van der Waals surface area (Å²) in [5.74, 6) is 0.415. The molecule has 6 heteroatoms. The second kappa shape index (κ2) is 6.47. The summed E-state index contributed by atoms with van der Waals surface area (Å²) in [7, 11) is 1.57. The molecule has 1 aliphatic carbocycles. The second-order valence-corrected chi connectivity index (χ2v) is 6.81. The van der Waals surface area contributed by atoms with Crippen molar-refractivity contribution in [1.29, 1.82) is 0 Å². The number of anilines is 2. The summed E-state index contributed by atoms with van der Waals surface area (Å²) >= 11 is 1.29. The summed E-state index contributed by atoms with van der Waals surface area (Å²) in [6.07, 6.45) is 4.55. The zero-order chi connectivity index (χ0) is 15.6. The molecule has 4 N–H and O–H groups in total. The first-order valence-corrected chi connectivity index (χ1v) is 8.17. The molecule has 0 bridgehead atoms. The van der Waals surface area contributed by atoms with E-state index in [1.807, 2.05) is 0 Å². The van der Waals surface area contributed by atoms with Crippen molar-refractivity contribution in [2.45, 2.75) is 45.6 Å². The number of ketones is 1. The fraction of sp³-hybridized carbons (Fsp3) is 0.600. The third-order valence-electron chi connectivity index (χ3n) is 4.07. The van der Waals surface area contributed by atoms with Gasteiger partial charge in [-0.25, -0.2) is 0 Å². The number of nitrogens with two attached hydrogens (primary N) is 1. The van der Waals surface area contributed by atoms with Gasteiger partial charge >= 0.3 is 0 Å². The number of nitrogen functional groups attached to an aromatic ring is 1. The molecule has 1 aromatic rings. The van der Waals surface area contributed by atoms with Crippen molar-refractivity contribution < 1.29 is 9.59 Å². The van der Waals surface area contributed by atoms with Gasteiger partial charge < -0.3 is 16.4 Å². The molecule has 5 nitrogen and oxygen atoms in total. The summed E-state index contributed by atoms with van der Waals surface area (Å²) < 4.78 is 0. The van der Waals surface area contributed by atoms with Crippen LogP contribution in [0.1, 0.15) is 59.6 Å². The van der Waals surface area contributed by atoms with Crippen molar-refractivity contribution in [3.05, 3.63) is 10.4 Å². The van der Waals surface area contributed by atoms with Crippen molar-refractivity contribution in [1.82, 2.24) is 5.32 Å². The molecule has 1 fully saturated rings. The molecule has 116 valence electrons. The maximum Gasteiger partial charge on any atom is 0.256 e. The average Bonchev–Trinajstić information content (AvgIpc) is 2.77. The van der Waals surface area contributed by atoms with Crippen molar-refractivity contribution in [3.63, 3.8) is 0 Å². The zero-order valence-corrected chi connectivity index (χ0v) is 13.6. The van der Waals surface area contributed by atoms with Crippen LogP contribution in [0.3, 0.4) is 0 Å². The van der Waals surface area contributed by atoms with Crippen molar-refractivity contribution in [3.8, 4) is 0 Å². The normalized spacial score (nSPS) is 21.9. The van der Waals surface area contributed by atoms with Gasteiger partial charge in [0.1, 0.15) is 5.00 Å². The Morgan fingerprint density at radius 1 is 1.24 bits per heavy atom. The Balaban J connectivity index is 2.27. The van der Waals surface area contributed by atoms with E-state index in [2.05, 4.69) is 17.6 Å². The molecule has 1 saturated carbocycles. The number of carbonyl (C=O) groups is 2. The van der Waals surface area contributed by atoms with Crippen LogP contribution >= 0.6 is 11.3 Å². The topological polar surface area (TPSA) is 84.2 Å². The first-order chi connectivity index (χ1) is 9.93. The Kier molecular flexibility index (Phi) is 4.88. The predicted octanol–water partition coefficient (Wildman–Crippen LogP) is 2.88. The lowest BCUT2D eigenvalue weighted by atomic mass is 9.87. The molecule has 1 heterocycles. The van der Waals surface area contributed by atoms with Crippen LogP contribution in [0.25, 0.3) is 0 Å². The van der Waals surface area contributed by atoms with Crippen LogP contribution in [0.2, 0.25) is 0 Å². The molecule has 0 saturated heterocycles. The molecule has 0 aromatic carbocycles. The minimum absolute atomic E-state index is 0.104. The Morgan fingerprint density at radius 3 is 2.38 bits per heavy atom. The summed E-state index contributed by atoms with van der Waals surface area (Å²) in [5.41, 5.74) is 6.70. The first-order valence-electron chi connectivity index (χ1n) is 7.35. The van der Waals surface area contributed by atoms with Gasteiger partial charge in [0.15, 0.2) is 5.78 Å². The lowest BCUT2D eigenvalue weighted by molar-refractivity contribution is 0.0965. The van der Waals surface area contributed by atoms with Crippen LogP contribution in [-0.2, 0) is 0 Å². The standard InChI is InChI=1S/C15H23N3O2S/c1-8-4-6-10(7-5-8)18-15-11(14(20)17-3)12(16)13(21-15)9(2)19/h8,10,18H,4-7,16H2,1-3H3,(H,17,20). The fourth-order valence-electron chi connectivity index (χ4n) is 2.75. The number of amides is 1. The lowest BCUT2D eigenvalue weighted by Crippen LogP contribution is -2.27. The van der Waals surface area contributed by atoms with Gasteiger partial charge in [-0.1, -0.05) is 6.92 Å². The van der Waals surface area contributed by atoms with Gasteiger partial charge in [-0.05, 0) is 31.6 Å². The Bertz CT molecular complexity index is 545. The SMILES string of the molecule is CNC(=O)c1c(NC2CCC(C)CC2)sc(C(C)=O)c1N. The second-order valence-electron chi connectivity index (χ2n) is 5.79. The van der Waals surface area contributed by atoms with Gasteiger partial charge in [-0.2, -0.15) is 0 Å². The van der Waals surface area contributed by atoms with Crippen LogP contribution in [0.15, 0.2) is 0 Å². The minimum Gasteiger partial charge on any atom is -0.397 e. The van der Waals surface area contributed by atoms with Crippen LogP contribution < -0.4 is 16.4 Å². The Labute approximate surface area is 129 Å². The molecular weight excluding hydrogens is 286 g/mol. The van der Waals surface area contributed by atoms with E-state index in [0.717, 1.165) is 23.8 Å². The Hall–Kier alpha value is -1.56. The lowest BCUT2D eigenvalue weighted by Gasteiger charge is -2.27. The number of carbonyl (C=O) groups excluding carboxylic acids is 2. The van der Waals surface area contributed by atoms with E-state index in [1.165, 1.54) is 31.1 Å². The molecule has 1 aromatic heterocycles. The van der Waals surface area contributed by atoms with E-state index in [1.54, 1.807) is 7.05 Å². The van der Waals surface area contributed by atoms with E-state index in [9.17, 15) is 9.59 Å². The number of hydrogen-bond donors (Lipinski definition) is 3. The van der Waals surface area contributed by atoms with E-state index in [-0.39, 0.29) is 11.7 Å². The fourth-order valence-corrected chi connectivity index (χ4v) is 3.84.